The summed E-state index contributed by atoms with van der Waals surface area (Å²) in [5.74, 6) is 0.368. The first-order valence-electron chi connectivity index (χ1n) is 8.85. The molecule has 1 aliphatic heterocycles. The van der Waals surface area contributed by atoms with Crippen molar-refractivity contribution in [1.29, 1.82) is 0 Å². The normalized spacial score (nSPS) is 18.5. The van der Waals surface area contributed by atoms with Gasteiger partial charge in [0, 0.05) is 41.5 Å². The topological polar surface area (TPSA) is 79.0 Å². The minimum Gasteiger partial charge on any atom is -0.307 e. The van der Waals surface area contributed by atoms with Crippen molar-refractivity contribution in [3.05, 3.63) is 52.3 Å². The van der Waals surface area contributed by atoms with E-state index < -0.39 is 0 Å². The maximum Gasteiger partial charge on any atom is 0.259 e. The van der Waals surface area contributed by atoms with Gasteiger partial charge >= 0.3 is 0 Å². The van der Waals surface area contributed by atoms with Gasteiger partial charge in [0.15, 0.2) is 11.4 Å². The van der Waals surface area contributed by atoms with E-state index in [1.165, 1.54) is 0 Å². The largest absolute Gasteiger partial charge is 0.307 e. The van der Waals surface area contributed by atoms with E-state index in [0.29, 0.717) is 24.2 Å². The summed E-state index contributed by atoms with van der Waals surface area (Å²) in [6.45, 7) is 4.39. The van der Waals surface area contributed by atoms with Crippen LogP contribution < -0.4 is 4.90 Å². The number of nitrogens with zero attached hydrogens (tertiary/aromatic N) is 3. The van der Waals surface area contributed by atoms with Gasteiger partial charge in [0.1, 0.15) is 0 Å². The molecule has 3 aromatic rings. The SMILES string of the molecule is Cc1cc(C(=O)N2CC3CCC(=O)c4cccc2c43)c2c(C)[nH]nc2n1. The van der Waals surface area contributed by atoms with Crippen LogP contribution >= 0.6 is 0 Å². The number of amides is 1. The molecule has 3 heterocycles. The summed E-state index contributed by atoms with van der Waals surface area (Å²) < 4.78 is 0. The molecule has 0 saturated carbocycles. The summed E-state index contributed by atoms with van der Waals surface area (Å²) in [5.41, 5.74) is 5.47. The van der Waals surface area contributed by atoms with Crippen LogP contribution in [-0.2, 0) is 0 Å². The lowest BCUT2D eigenvalue weighted by Gasteiger charge is -2.18. The molecule has 0 radical (unpaired) electrons. The third-order valence-electron chi connectivity index (χ3n) is 5.51. The fraction of sp³-hybridized carbons (Fsp3) is 0.300. The number of pyridine rings is 1. The Labute approximate surface area is 150 Å². The number of fused-ring (bicyclic) bond motifs is 1. The molecule has 5 rings (SSSR count). The molecule has 6 heteroatoms. The molecule has 1 N–H and O–H groups in total. The molecule has 0 spiro atoms. The minimum absolute atomic E-state index is 0.0553. The smallest absolute Gasteiger partial charge is 0.259 e. The number of benzene rings is 1. The van der Waals surface area contributed by atoms with Crippen molar-refractivity contribution in [2.45, 2.75) is 32.6 Å². The van der Waals surface area contributed by atoms with Gasteiger partial charge in [0.2, 0.25) is 0 Å². The second-order valence-corrected chi connectivity index (χ2v) is 7.17. The standard InChI is InChI=1S/C20H18N4O2/c1-10-8-14(17-11(2)22-23-19(17)21-10)20(26)24-9-12-6-7-16(25)13-4-3-5-15(24)18(12)13/h3-5,8,12H,6-7,9H2,1-2H3,(H,21,22,23). The van der Waals surface area contributed by atoms with Crippen LogP contribution in [0.2, 0.25) is 0 Å². The number of aromatic nitrogens is 3. The Hall–Kier alpha value is -3.02. The van der Waals surface area contributed by atoms with Gasteiger partial charge in [0.25, 0.3) is 5.91 Å². The molecule has 1 unspecified atom stereocenters. The van der Waals surface area contributed by atoms with Crippen molar-refractivity contribution in [2.75, 3.05) is 11.4 Å². The molecule has 0 fully saturated rings. The third kappa shape index (κ3) is 1.98. The number of carbonyl (C=O) groups excluding carboxylic acids is 2. The highest BCUT2D eigenvalue weighted by molar-refractivity contribution is 6.15. The summed E-state index contributed by atoms with van der Waals surface area (Å²) in [7, 11) is 0. The Morgan fingerprint density at radius 2 is 2.15 bits per heavy atom. The average molecular weight is 346 g/mol. The van der Waals surface area contributed by atoms with Crippen molar-refractivity contribution in [3.8, 4) is 0 Å². The minimum atomic E-state index is -0.0553. The number of hydrogen-bond donors (Lipinski definition) is 1. The summed E-state index contributed by atoms with van der Waals surface area (Å²) >= 11 is 0. The maximum absolute atomic E-state index is 13.5. The van der Waals surface area contributed by atoms with E-state index in [4.69, 9.17) is 0 Å². The number of aromatic amines is 1. The van der Waals surface area contributed by atoms with E-state index in [1.54, 1.807) is 0 Å². The van der Waals surface area contributed by atoms with Crippen LogP contribution in [0.5, 0.6) is 0 Å². The molecule has 2 aromatic heterocycles. The zero-order valence-electron chi connectivity index (χ0n) is 14.7. The van der Waals surface area contributed by atoms with Crippen LogP contribution in [0.25, 0.3) is 11.0 Å². The Balaban J connectivity index is 1.67. The van der Waals surface area contributed by atoms with Crippen LogP contribution in [0.3, 0.4) is 0 Å². The molecule has 1 amide bonds. The van der Waals surface area contributed by atoms with E-state index in [1.807, 2.05) is 43.0 Å². The van der Waals surface area contributed by atoms with E-state index >= 15 is 0 Å². The van der Waals surface area contributed by atoms with Crippen LogP contribution in [-0.4, -0.2) is 33.4 Å². The monoisotopic (exact) mass is 346 g/mol. The van der Waals surface area contributed by atoms with Gasteiger partial charge in [-0.1, -0.05) is 12.1 Å². The van der Waals surface area contributed by atoms with Crippen molar-refractivity contribution >= 4 is 28.4 Å². The van der Waals surface area contributed by atoms with Crippen molar-refractivity contribution in [3.63, 3.8) is 0 Å². The van der Waals surface area contributed by atoms with Gasteiger partial charge in [-0.3, -0.25) is 14.7 Å². The molecule has 130 valence electrons. The van der Waals surface area contributed by atoms with Gasteiger partial charge in [-0.15, -0.1) is 0 Å². The number of anilines is 1. The lowest BCUT2D eigenvalue weighted by Crippen LogP contribution is -2.30. The number of Topliss-reactive ketones (excluding diaryl/α,β-unsaturated/α-hetero) is 1. The number of rotatable bonds is 1. The molecule has 1 aliphatic carbocycles. The van der Waals surface area contributed by atoms with E-state index in [0.717, 1.165) is 40.0 Å². The quantitative estimate of drug-likeness (QED) is 0.733. The predicted octanol–water partition coefficient (Wildman–Crippen LogP) is 3.30. The zero-order valence-corrected chi connectivity index (χ0v) is 14.7. The molecule has 0 saturated heterocycles. The molecule has 1 atom stereocenters. The van der Waals surface area contributed by atoms with Gasteiger partial charge in [0.05, 0.1) is 10.9 Å². The lowest BCUT2D eigenvalue weighted by molar-refractivity contribution is 0.0968. The van der Waals surface area contributed by atoms with Crippen LogP contribution in [0.1, 0.15) is 56.4 Å². The molecular formula is C20H18N4O2. The van der Waals surface area contributed by atoms with Crippen LogP contribution in [0, 0.1) is 13.8 Å². The number of ketones is 1. The Bertz CT molecular complexity index is 1100. The highest BCUT2D eigenvalue weighted by Crippen LogP contribution is 2.45. The first-order valence-corrected chi connectivity index (χ1v) is 8.85. The Morgan fingerprint density at radius 3 is 3.00 bits per heavy atom. The average Bonchev–Trinajstić information content (AvgIpc) is 3.19. The summed E-state index contributed by atoms with van der Waals surface area (Å²) in [6, 6.07) is 7.53. The van der Waals surface area contributed by atoms with Gasteiger partial charge < -0.3 is 4.90 Å². The fourth-order valence-electron chi connectivity index (χ4n) is 4.35. The van der Waals surface area contributed by atoms with E-state index in [9.17, 15) is 9.59 Å². The van der Waals surface area contributed by atoms with Crippen LogP contribution in [0.15, 0.2) is 24.3 Å². The second-order valence-electron chi connectivity index (χ2n) is 7.17. The molecular weight excluding hydrogens is 328 g/mol. The van der Waals surface area contributed by atoms with Gasteiger partial charge in [-0.25, -0.2) is 4.98 Å². The molecule has 6 nitrogen and oxygen atoms in total. The van der Waals surface area contributed by atoms with E-state index in [-0.39, 0.29) is 17.6 Å². The number of carbonyl (C=O) groups is 2. The van der Waals surface area contributed by atoms with Crippen LogP contribution in [0.4, 0.5) is 5.69 Å². The highest BCUT2D eigenvalue weighted by atomic mass is 16.2. The first kappa shape index (κ1) is 15.3. The number of aryl methyl sites for hydroxylation is 2. The first-order chi connectivity index (χ1) is 12.5. The maximum atomic E-state index is 13.5. The summed E-state index contributed by atoms with van der Waals surface area (Å²) in [5, 5.41) is 7.90. The summed E-state index contributed by atoms with van der Waals surface area (Å²) in [4.78, 5) is 32.0. The highest BCUT2D eigenvalue weighted by Gasteiger charge is 2.39. The predicted molar refractivity (Wildman–Crippen MR) is 97.8 cm³/mol. The molecule has 1 aromatic carbocycles. The fourth-order valence-corrected chi connectivity index (χ4v) is 4.35. The number of nitrogens with one attached hydrogen (secondary N) is 1. The molecule has 2 aliphatic rings. The van der Waals surface area contributed by atoms with Gasteiger partial charge in [-0.2, -0.15) is 5.10 Å². The lowest BCUT2D eigenvalue weighted by atomic mass is 9.83. The summed E-state index contributed by atoms with van der Waals surface area (Å²) in [6.07, 6.45) is 1.37. The Morgan fingerprint density at radius 1 is 1.31 bits per heavy atom. The zero-order chi connectivity index (χ0) is 18.0. The number of hydrogen-bond acceptors (Lipinski definition) is 4. The molecule has 26 heavy (non-hydrogen) atoms. The second kappa shape index (κ2) is 5.24. The van der Waals surface area contributed by atoms with Crippen molar-refractivity contribution in [1.82, 2.24) is 15.2 Å². The van der Waals surface area contributed by atoms with E-state index in [2.05, 4.69) is 15.2 Å². The van der Waals surface area contributed by atoms with Gasteiger partial charge in [-0.05, 0) is 38.0 Å². The molecule has 0 bridgehead atoms. The van der Waals surface area contributed by atoms with Crippen molar-refractivity contribution in [2.24, 2.45) is 0 Å². The van der Waals surface area contributed by atoms with Crippen molar-refractivity contribution < 1.29 is 9.59 Å². The number of H-pyrrole nitrogens is 1. The third-order valence-corrected chi connectivity index (χ3v) is 5.51. The Kier molecular flexibility index (Phi) is 3.07.